The van der Waals surface area contributed by atoms with Crippen molar-refractivity contribution in [1.29, 1.82) is 0 Å². The van der Waals surface area contributed by atoms with Gasteiger partial charge in [0.1, 0.15) is 11.3 Å². The van der Waals surface area contributed by atoms with Gasteiger partial charge in [0.15, 0.2) is 0 Å². The summed E-state index contributed by atoms with van der Waals surface area (Å²) in [4.78, 5) is 16.5. The first-order chi connectivity index (χ1) is 10.1. The van der Waals surface area contributed by atoms with Gasteiger partial charge in [0.2, 0.25) is 0 Å². The van der Waals surface area contributed by atoms with E-state index in [4.69, 9.17) is 11.6 Å². The van der Waals surface area contributed by atoms with Gasteiger partial charge in [0.05, 0.1) is 25.4 Å². The summed E-state index contributed by atoms with van der Waals surface area (Å²) in [6.07, 6.45) is 0. The Morgan fingerprint density at radius 1 is 1.33 bits per heavy atom. The highest BCUT2D eigenvalue weighted by atomic mass is 79.9. The molecule has 3 rings (SSSR count). The maximum absolute atomic E-state index is 13.2. The number of carbonyl (C=O) groups is 1. The first-order valence-corrected chi connectivity index (χ1v) is 7.89. The predicted molar refractivity (Wildman–Crippen MR) is 86.7 cm³/mol. The highest BCUT2D eigenvalue weighted by Gasteiger charge is 2.14. The highest BCUT2D eigenvalue weighted by Crippen LogP contribution is 2.32. The summed E-state index contributed by atoms with van der Waals surface area (Å²) in [5.74, 6) is -0.802. The van der Waals surface area contributed by atoms with Gasteiger partial charge in [0.25, 0.3) is 5.91 Å². The van der Waals surface area contributed by atoms with Gasteiger partial charge < -0.3 is 5.32 Å². The number of nitrogens with zero attached hydrogens (tertiary/aromatic N) is 1. The van der Waals surface area contributed by atoms with Crippen molar-refractivity contribution < 1.29 is 9.18 Å². The van der Waals surface area contributed by atoms with Crippen LogP contribution in [-0.4, -0.2) is 10.9 Å². The van der Waals surface area contributed by atoms with Crippen LogP contribution in [0.25, 0.3) is 10.2 Å². The predicted octanol–water partition coefficient (Wildman–Crippen LogP) is 5.10. The first kappa shape index (κ1) is 14.4. The maximum Gasteiger partial charge on any atom is 0.255 e. The van der Waals surface area contributed by atoms with Crippen molar-refractivity contribution in [3.63, 3.8) is 0 Å². The largest absolute Gasteiger partial charge is 0.319 e. The second kappa shape index (κ2) is 5.71. The lowest BCUT2D eigenvalue weighted by Crippen LogP contribution is -2.12. The molecule has 3 aromatic rings. The molecule has 0 aliphatic carbocycles. The van der Waals surface area contributed by atoms with Crippen molar-refractivity contribution in [1.82, 2.24) is 4.98 Å². The summed E-state index contributed by atoms with van der Waals surface area (Å²) in [6, 6.07) is 7.60. The number of aromatic nitrogens is 1. The number of halogens is 3. The molecule has 0 unspecified atom stereocenters. The standard InChI is InChI=1S/C14H7BrClFN2OS/c15-8-5-7(1-3-10(8)17)14(20)19-12-9(16)2-4-11-13(12)18-6-21-11/h1-6H,(H,19,20). The minimum absolute atomic E-state index is 0.230. The second-order valence-electron chi connectivity index (χ2n) is 4.20. The third-order valence-electron chi connectivity index (χ3n) is 2.87. The summed E-state index contributed by atoms with van der Waals surface area (Å²) in [5.41, 5.74) is 3.11. The van der Waals surface area contributed by atoms with Gasteiger partial charge in [-0.3, -0.25) is 4.79 Å². The minimum atomic E-state index is -0.425. The third-order valence-corrected chi connectivity index (χ3v) is 4.59. The molecule has 1 N–H and O–H groups in total. The molecule has 0 spiro atoms. The normalized spacial score (nSPS) is 10.8. The van der Waals surface area contributed by atoms with Crippen LogP contribution in [0, 0.1) is 5.82 Å². The molecular weight excluding hydrogens is 379 g/mol. The molecule has 2 aromatic carbocycles. The van der Waals surface area contributed by atoms with E-state index in [2.05, 4.69) is 26.2 Å². The van der Waals surface area contributed by atoms with Crippen LogP contribution in [0.15, 0.2) is 40.3 Å². The number of nitrogens with one attached hydrogen (secondary N) is 1. The molecule has 1 heterocycles. The van der Waals surface area contributed by atoms with Crippen molar-refractivity contribution in [2.75, 3.05) is 5.32 Å². The third kappa shape index (κ3) is 2.79. The molecule has 106 valence electrons. The van der Waals surface area contributed by atoms with E-state index in [1.807, 2.05) is 6.07 Å². The molecule has 0 saturated carbocycles. The van der Waals surface area contributed by atoms with E-state index in [0.717, 1.165) is 4.70 Å². The number of hydrogen-bond acceptors (Lipinski definition) is 3. The maximum atomic E-state index is 13.2. The van der Waals surface area contributed by atoms with Crippen LogP contribution in [0.4, 0.5) is 10.1 Å². The second-order valence-corrected chi connectivity index (χ2v) is 6.35. The molecule has 21 heavy (non-hydrogen) atoms. The number of carbonyl (C=O) groups excluding carboxylic acids is 1. The quantitative estimate of drug-likeness (QED) is 0.666. The van der Waals surface area contributed by atoms with Gasteiger partial charge in [-0.25, -0.2) is 9.37 Å². The number of hydrogen-bond donors (Lipinski definition) is 1. The molecule has 1 aromatic heterocycles. The Bertz CT molecular complexity index is 852. The van der Waals surface area contributed by atoms with Gasteiger partial charge in [-0.05, 0) is 46.3 Å². The van der Waals surface area contributed by atoms with E-state index >= 15 is 0 Å². The van der Waals surface area contributed by atoms with Gasteiger partial charge in [0, 0.05) is 5.56 Å². The lowest BCUT2D eigenvalue weighted by molar-refractivity contribution is 0.102. The van der Waals surface area contributed by atoms with Crippen LogP contribution >= 0.6 is 38.9 Å². The molecule has 0 saturated heterocycles. The average molecular weight is 386 g/mol. The monoisotopic (exact) mass is 384 g/mol. The Morgan fingerprint density at radius 3 is 2.90 bits per heavy atom. The van der Waals surface area contributed by atoms with Gasteiger partial charge >= 0.3 is 0 Å². The summed E-state index contributed by atoms with van der Waals surface area (Å²) < 4.78 is 14.4. The smallest absolute Gasteiger partial charge is 0.255 e. The van der Waals surface area contributed by atoms with Crippen LogP contribution in [-0.2, 0) is 0 Å². The van der Waals surface area contributed by atoms with Crippen LogP contribution < -0.4 is 5.32 Å². The average Bonchev–Trinajstić information content (AvgIpc) is 2.93. The number of rotatable bonds is 2. The highest BCUT2D eigenvalue weighted by molar-refractivity contribution is 9.10. The SMILES string of the molecule is O=C(Nc1c(Cl)ccc2scnc12)c1ccc(F)c(Br)c1. The van der Waals surface area contributed by atoms with Crippen LogP contribution in [0.2, 0.25) is 5.02 Å². The molecule has 0 fully saturated rings. The zero-order valence-corrected chi connectivity index (χ0v) is 13.5. The minimum Gasteiger partial charge on any atom is -0.319 e. The van der Waals surface area contributed by atoms with Crippen molar-refractivity contribution in [2.45, 2.75) is 0 Å². The Balaban J connectivity index is 1.98. The Morgan fingerprint density at radius 2 is 2.14 bits per heavy atom. The van der Waals surface area contributed by atoms with E-state index in [0.29, 0.717) is 21.8 Å². The molecule has 7 heteroatoms. The van der Waals surface area contributed by atoms with Crippen LogP contribution in [0.5, 0.6) is 0 Å². The van der Waals surface area contributed by atoms with Gasteiger partial charge in [-0.2, -0.15) is 0 Å². The molecule has 0 bridgehead atoms. The number of amides is 1. The van der Waals surface area contributed by atoms with E-state index in [1.54, 1.807) is 11.6 Å². The van der Waals surface area contributed by atoms with Crippen molar-refractivity contribution in [2.24, 2.45) is 0 Å². The zero-order chi connectivity index (χ0) is 15.0. The lowest BCUT2D eigenvalue weighted by atomic mass is 10.2. The number of anilines is 1. The van der Waals surface area contributed by atoms with Crippen LogP contribution in [0.3, 0.4) is 0 Å². The number of benzene rings is 2. The molecule has 1 amide bonds. The Hall–Kier alpha value is -1.50. The fourth-order valence-corrected chi connectivity index (χ4v) is 3.11. The molecule has 0 aliphatic heterocycles. The molecule has 3 nitrogen and oxygen atoms in total. The summed E-state index contributed by atoms with van der Waals surface area (Å²) in [6.45, 7) is 0. The topological polar surface area (TPSA) is 42.0 Å². The van der Waals surface area contributed by atoms with E-state index in [1.165, 1.54) is 29.5 Å². The van der Waals surface area contributed by atoms with E-state index in [9.17, 15) is 9.18 Å². The molecule has 0 aliphatic rings. The number of fused-ring (bicyclic) bond motifs is 1. The summed E-state index contributed by atoms with van der Waals surface area (Å²) >= 11 is 10.6. The van der Waals surface area contributed by atoms with E-state index < -0.39 is 5.82 Å². The Labute approximate surface area is 136 Å². The van der Waals surface area contributed by atoms with Crippen LogP contribution in [0.1, 0.15) is 10.4 Å². The first-order valence-electron chi connectivity index (χ1n) is 5.84. The van der Waals surface area contributed by atoms with E-state index in [-0.39, 0.29) is 10.4 Å². The van der Waals surface area contributed by atoms with Crippen molar-refractivity contribution >= 4 is 60.7 Å². The molecular formula is C14H7BrClFN2OS. The fraction of sp³-hybridized carbons (Fsp3) is 0. The number of thiazole rings is 1. The van der Waals surface area contributed by atoms with Gasteiger partial charge in [-0.1, -0.05) is 11.6 Å². The summed E-state index contributed by atoms with van der Waals surface area (Å²) in [7, 11) is 0. The van der Waals surface area contributed by atoms with Gasteiger partial charge in [-0.15, -0.1) is 11.3 Å². The fourth-order valence-electron chi connectivity index (χ4n) is 1.85. The molecule has 0 atom stereocenters. The van der Waals surface area contributed by atoms with Crippen molar-refractivity contribution in [3.05, 3.63) is 56.7 Å². The Kier molecular flexibility index (Phi) is 3.93. The molecule has 0 radical (unpaired) electrons. The summed E-state index contributed by atoms with van der Waals surface area (Å²) in [5, 5.41) is 3.14. The zero-order valence-electron chi connectivity index (χ0n) is 10.4. The lowest BCUT2D eigenvalue weighted by Gasteiger charge is -2.08. The van der Waals surface area contributed by atoms with Crippen molar-refractivity contribution in [3.8, 4) is 0 Å².